The molecular formula is C10H15NO3. The third-order valence-corrected chi connectivity index (χ3v) is 1.58. The lowest BCUT2D eigenvalue weighted by atomic mass is 10.1. The van der Waals surface area contributed by atoms with Gasteiger partial charge < -0.3 is 0 Å². The van der Waals surface area contributed by atoms with Crippen LogP contribution in [0.5, 0.6) is 0 Å². The number of nitrogens with zero attached hydrogens (tertiary/aromatic N) is 1. The van der Waals surface area contributed by atoms with E-state index >= 15 is 0 Å². The molecule has 0 aromatic rings. The largest absolute Gasteiger partial charge is 0.362 e. The fourth-order valence-electron chi connectivity index (χ4n) is 0.925. The number of hydrogen-bond acceptors (Lipinski definition) is 4. The lowest BCUT2D eigenvalue weighted by Crippen LogP contribution is -1.94. The topological polar surface area (TPSA) is 55.7 Å². The van der Waals surface area contributed by atoms with Crippen molar-refractivity contribution in [1.29, 1.82) is 0 Å². The van der Waals surface area contributed by atoms with Crippen molar-refractivity contribution >= 4 is 5.97 Å². The number of carbonyl (C=O) groups excluding carboxylic acids is 1. The van der Waals surface area contributed by atoms with Gasteiger partial charge in [0.2, 0.25) is 0 Å². The zero-order valence-corrected chi connectivity index (χ0v) is 8.74. The monoisotopic (exact) mass is 197 g/mol. The van der Waals surface area contributed by atoms with Gasteiger partial charge in [-0.25, -0.2) is 4.79 Å². The molecule has 0 spiro atoms. The average molecular weight is 197 g/mol. The molecule has 0 aliphatic carbocycles. The molecule has 0 saturated carbocycles. The highest BCUT2D eigenvalue weighted by atomic mass is 16.7. The fourth-order valence-corrected chi connectivity index (χ4v) is 0.925. The highest BCUT2D eigenvalue weighted by Gasteiger charge is 1.98. The summed E-state index contributed by atoms with van der Waals surface area (Å²) in [5.74, 6) is -0.713. The van der Waals surface area contributed by atoms with Gasteiger partial charge in [0.25, 0.3) is 0 Å². The normalized spacial score (nSPS) is 10.6. The number of allylic oxidation sites excluding steroid dienone is 3. The predicted molar refractivity (Wildman–Crippen MR) is 54.3 cm³/mol. The lowest BCUT2D eigenvalue weighted by molar-refractivity contribution is -0.138. The standard InChI is InChI=1S/C10H15NO3/c1-8(2)5-4-6-9(3)7-10(12)14-11-13/h5,7H,4,6H2,1-3H3. The van der Waals surface area contributed by atoms with Gasteiger partial charge in [-0.1, -0.05) is 17.2 Å². The van der Waals surface area contributed by atoms with Gasteiger partial charge in [-0.3, -0.25) is 4.84 Å². The molecular weight excluding hydrogens is 182 g/mol. The van der Waals surface area contributed by atoms with E-state index in [-0.39, 0.29) is 0 Å². The van der Waals surface area contributed by atoms with Crippen molar-refractivity contribution in [3.63, 3.8) is 0 Å². The minimum atomic E-state index is -0.713. The van der Waals surface area contributed by atoms with E-state index in [0.29, 0.717) is 0 Å². The van der Waals surface area contributed by atoms with Crippen molar-refractivity contribution in [2.75, 3.05) is 0 Å². The molecule has 0 atom stereocenters. The summed E-state index contributed by atoms with van der Waals surface area (Å²) in [7, 11) is 0. The molecule has 4 nitrogen and oxygen atoms in total. The minimum Gasteiger partial charge on any atom is -0.280 e. The number of rotatable bonds is 5. The summed E-state index contributed by atoms with van der Waals surface area (Å²) >= 11 is 0. The maximum absolute atomic E-state index is 10.7. The molecule has 0 aliphatic rings. The molecule has 0 bridgehead atoms. The highest BCUT2D eigenvalue weighted by Crippen LogP contribution is 2.06. The zero-order valence-electron chi connectivity index (χ0n) is 8.74. The first kappa shape index (κ1) is 12.6. The summed E-state index contributed by atoms with van der Waals surface area (Å²) in [4.78, 5) is 24.2. The molecule has 14 heavy (non-hydrogen) atoms. The maximum atomic E-state index is 10.7. The highest BCUT2D eigenvalue weighted by molar-refractivity contribution is 5.82. The molecule has 0 aromatic carbocycles. The molecule has 0 aromatic heterocycles. The van der Waals surface area contributed by atoms with Crippen molar-refractivity contribution in [2.24, 2.45) is 5.34 Å². The van der Waals surface area contributed by atoms with Gasteiger partial charge in [0.05, 0.1) is 0 Å². The van der Waals surface area contributed by atoms with Crippen LogP contribution in [0.4, 0.5) is 0 Å². The van der Waals surface area contributed by atoms with Crippen molar-refractivity contribution in [3.8, 4) is 0 Å². The second-order valence-corrected chi connectivity index (χ2v) is 3.30. The Kier molecular flexibility index (Phi) is 6.28. The van der Waals surface area contributed by atoms with Crippen LogP contribution in [0, 0.1) is 4.91 Å². The van der Waals surface area contributed by atoms with Crippen molar-refractivity contribution < 1.29 is 9.63 Å². The Bertz CT molecular complexity index is 263. The van der Waals surface area contributed by atoms with Gasteiger partial charge >= 0.3 is 5.97 Å². The van der Waals surface area contributed by atoms with E-state index in [4.69, 9.17) is 0 Å². The van der Waals surface area contributed by atoms with Gasteiger partial charge in [0.15, 0.2) is 5.34 Å². The third-order valence-electron chi connectivity index (χ3n) is 1.58. The van der Waals surface area contributed by atoms with Gasteiger partial charge in [-0.2, -0.15) is 0 Å². The molecule has 0 heterocycles. The molecule has 0 rings (SSSR count). The van der Waals surface area contributed by atoms with Crippen LogP contribution in [-0.2, 0) is 9.63 Å². The van der Waals surface area contributed by atoms with E-state index in [1.807, 2.05) is 26.1 Å². The van der Waals surface area contributed by atoms with Gasteiger partial charge in [0, 0.05) is 6.08 Å². The van der Waals surface area contributed by atoms with E-state index < -0.39 is 5.97 Å². The molecule has 0 fully saturated rings. The van der Waals surface area contributed by atoms with Crippen LogP contribution in [-0.4, -0.2) is 5.97 Å². The van der Waals surface area contributed by atoms with Crippen LogP contribution < -0.4 is 0 Å². The summed E-state index contributed by atoms with van der Waals surface area (Å²) in [6.45, 7) is 5.85. The van der Waals surface area contributed by atoms with Gasteiger partial charge in [-0.15, -0.1) is 4.91 Å². The van der Waals surface area contributed by atoms with Gasteiger partial charge in [0.1, 0.15) is 0 Å². The summed E-state index contributed by atoms with van der Waals surface area (Å²) < 4.78 is 0. The maximum Gasteiger partial charge on any atom is 0.362 e. The Morgan fingerprint density at radius 1 is 1.36 bits per heavy atom. The Hall–Kier alpha value is -1.45. The van der Waals surface area contributed by atoms with Crippen molar-refractivity contribution in [1.82, 2.24) is 0 Å². The first-order valence-corrected chi connectivity index (χ1v) is 4.40. The van der Waals surface area contributed by atoms with Crippen molar-refractivity contribution in [3.05, 3.63) is 28.2 Å². The summed E-state index contributed by atoms with van der Waals surface area (Å²) in [5, 5.41) is 2.04. The van der Waals surface area contributed by atoms with Crippen LogP contribution in [0.2, 0.25) is 0 Å². The first-order valence-electron chi connectivity index (χ1n) is 4.40. The third kappa shape index (κ3) is 7.21. The zero-order chi connectivity index (χ0) is 11.0. The van der Waals surface area contributed by atoms with Crippen LogP contribution >= 0.6 is 0 Å². The molecule has 0 amide bonds. The Labute approximate surface area is 83.6 Å². The predicted octanol–water partition coefficient (Wildman–Crippen LogP) is 2.90. The Balaban J connectivity index is 3.94. The molecule has 0 radical (unpaired) electrons. The van der Waals surface area contributed by atoms with E-state index in [9.17, 15) is 9.70 Å². The van der Waals surface area contributed by atoms with Crippen LogP contribution in [0.1, 0.15) is 33.6 Å². The molecule has 4 heteroatoms. The number of carbonyl (C=O) groups is 1. The second kappa shape index (κ2) is 7.00. The fraction of sp³-hybridized carbons (Fsp3) is 0.500. The average Bonchev–Trinajstić information content (AvgIpc) is 2.03. The van der Waals surface area contributed by atoms with Crippen molar-refractivity contribution in [2.45, 2.75) is 33.6 Å². The molecule has 0 N–H and O–H groups in total. The first-order chi connectivity index (χ1) is 6.56. The van der Waals surface area contributed by atoms with Gasteiger partial charge in [-0.05, 0) is 33.6 Å². The Morgan fingerprint density at radius 3 is 2.50 bits per heavy atom. The summed E-state index contributed by atoms with van der Waals surface area (Å²) in [5.41, 5.74) is 2.12. The Morgan fingerprint density at radius 2 is 2.00 bits per heavy atom. The quantitative estimate of drug-likeness (QED) is 0.294. The molecule has 78 valence electrons. The minimum absolute atomic E-state index is 0.713. The van der Waals surface area contributed by atoms with Crippen LogP contribution in [0.25, 0.3) is 0 Å². The van der Waals surface area contributed by atoms with E-state index in [1.54, 1.807) is 0 Å². The SMILES string of the molecule is CC(C)=CCCC(C)=CC(=O)ON=O. The van der Waals surface area contributed by atoms with E-state index in [1.165, 1.54) is 11.6 Å². The molecule has 0 aliphatic heterocycles. The van der Waals surface area contributed by atoms with Crippen LogP contribution in [0.3, 0.4) is 0 Å². The van der Waals surface area contributed by atoms with Crippen LogP contribution in [0.15, 0.2) is 28.6 Å². The van der Waals surface area contributed by atoms with E-state index in [0.717, 1.165) is 18.4 Å². The second-order valence-electron chi connectivity index (χ2n) is 3.30. The smallest absolute Gasteiger partial charge is 0.280 e. The molecule has 0 unspecified atom stereocenters. The number of hydrogen-bond donors (Lipinski definition) is 0. The molecule has 0 saturated heterocycles. The lowest BCUT2D eigenvalue weighted by Gasteiger charge is -1.96. The summed E-state index contributed by atoms with van der Waals surface area (Å²) in [6, 6.07) is 0. The van der Waals surface area contributed by atoms with E-state index in [2.05, 4.69) is 10.9 Å². The summed E-state index contributed by atoms with van der Waals surface area (Å²) in [6.07, 6.45) is 5.02.